The molecule has 0 spiro atoms. The molecule has 1 amide bonds. The highest BCUT2D eigenvalue weighted by molar-refractivity contribution is 5.76. The Morgan fingerprint density at radius 1 is 0.400 bits per heavy atom. The van der Waals surface area contributed by atoms with Gasteiger partial charge in [0.05, 0.1) is 25.4 Å². The lowest BCUT2D eigenvalue weighted by Crippen LogP contribution is -2.60. The van der Waals surface area contributed by atoms with Gasteiger partial charge in [-0.2, -0.15) is 0 Å². The molecular formula is C76H145NO8. The van der Waals surface area contributed by atoms with Gasteiger partial charge in [0.15, 0.2) is 6.29 Å². The van der Waals surface area contributed by atoms with Crippen molar-refractivity contribution >= 4 is 5.91 Å². The summed E-state index contributed by atoms with van der Waals surface area (Å²) in [5, 5.41) is 54.8. The Bertz CT molecular complexity index is 1440. The molecule has 0 aliphatic carbocycles. The lowest BCUT2D eigenvalue weighted by Gasteiger charge is -2.40. The number of aliphatic hydroxyl groups excluding tert-OH is 5. The van der Waals surface area contributed by atoms with Crippen molar-refractivity contribution in [2.24, 2.45) is 0 Å². The molecule has 1 saturated heterocycles. The van der Waals surface area contributed by atoms with Gasteiger partial charge in [-0.1, -0.05) is 365 Å². The van der Waals surface area contributed by atoms with Crippen LogP contribution in [0, 0.1) is 0 Å². The van der Waals surface area contributed by atoms with E-state index in [1.165, 1.54) is 321 Å². The third-order valence-corrected chi connectivity index (χ3v) is 18.2. The number of ether oxygens (including phenoxy) is 2. The van der Waals surface area contributed by atoms with Crippen molar-refractivity contribution in [1.29, 1.82) is 0 Å². The normalized spacial score (nSPS) is 18.2. The fraction of sp³-hybridized carbons (Fsp3) is 0.908. The maximum absolute atomic E-state index is 13.1. The van der Waals surface area contributed by atoms with Gasteiger partial charge in [-0.3, -0.25) is 4.79 Å². The first-order valence-corrected chi connectivity index (χ1v) is 37.7. The van der Waals surface area contributed by atoms with Gasteiger partial charge in [-0.05, 0) is 51.4 Å². The molecule has 85 heavy (non-hydrogen) atoms. The number of carbonyl (C=O) groups excluding carboxylic acids is 1. The zero-order valence-corrected chi connectivity index (χ0v) is 56.4. The van der Waals surface area contributed by atoms with E-state index < -0.39 is 49.5 Å². The lowest BCUT2D eigenvalue weighted by molar-refractivity contribution is -0.302. The second-order valence-corrected chi connectivity index (χ2v) is 26.4. The molecule has 0 bridgehead atoms. The van der Waals surface area contributed by atoms with E-state index in [9.17, 15) is 30.3 Å². The first-order chi connectivity index (χ1) is 41.8. The van der Waals surface area contributed by atoms with Gasteiger partial charge in [-0.25, -0.2) is 0 Å². The third-order valence-electron chi connectivity index (χ3n) is 18.2. The summed E-state index contributed by atoms with van der Waals surface area (Å²) in [6.45, 7) is 3.84. The molecule has 0 aromatic heterocycles. The van der Waals surface area contributed by atoms with Gasteiger partial charge in [0, 0.05) is 6.42 Å². The summed E-state index contributed by atoms with van der Waals surface area (Å²) in [5.74, 6) is -0.170. The minimum Gasteiger partial charge on any atom is -0.394 e. The molecule has 0 aromatic rings. The molecule has 1 aliphatic rings. The van der Waals surface area contributed by atoms with E-state index in [2.05, 4.69) is 43.5 Å². The van der Waals surface area contributed by atoms with Crippen LogP contribution in [0.1, 0.15) is 386 Å². The summed E-state index contributed by atoms with van der Waals surface area (Å²) in [5.41, 5.74) is 0. The van der Waals surface area contributed by atoms with Crippen molar-refractivity contribution in [3.8, 4) is 0 Å². The molecule has 1 heterocycles. The first kappa shape index (κ1) is 81.4. The van der Waals surface area contributed by atoms with Crippen molar-refractivity contribution in [2.75, 3.05) is 13.2 Å². The number of nitrogens with one attached hydrogen (secondary N) is 1. The molecule has 6 N–H and O–H groups in total. The number of carbonyl (C=O) groups is 1. The maximum atomic E-state index is 13.1. The van der Waals surface area contributed by atoms with Gasteiger partial charge in [-0.15, -0.1) is 0 Å². The van der Waals surface area contributed by atoms with E-state index >= 15 is 0 Å². The summed E-state index contributed by atoms with van der Waals surface area (Å²) in [4.78, 5) is 13.1. The second-order valence-electron chi connectivity index (χ2n) is 26.4. The van der Waals surface area contributed by atoms with Crippen LogP contribution in [-0.2, 0) is 14.3 Å². The second kappa shape index (κ2) is 65.4. The van der Waals surface area contributed by atoms with Crippen LogP contribution in [0.5, 0.6) is 0 Å². The Morgan fingerprint density at radius 2 is 0.694 bits per heavy atom. The van der Waals surface area contributed by atoms with Crippen molar-refractivity contribution in [2.45, 2.75) is 429 Å². The Balaban J connectivity index is 2.07. The van der Waals surface area contributed by atoms with Crippen molar-refractivity contribution < 1.29 is 39.8 Å². The van der Waals surface area contributed by atoms with E-state index in [1.54, 1.807) is 6.08 Å². The summed E-state index contributed by atoms with van der Waals surface area (Å²) < 4.78 is 11.3. The largest absolute Gasteiger partial charge is 0.394 e. The molecule has 7 unspecified atom stereocenters. The minimum absolute atomic E-state index is 0.170. The summed E-state index contributed by atoms with van der Waals surface area (Å²) in [6, 6.07) is -0.806. The van der Waals surface area contributed by atoms with Gasteiger partial charge in [0.1, 0.15) is 24.4 Å². The zero-order chi connectivity index (χ0) is 61.4. The first-order valence-electron chi connectivity index (χ1n) is 37.7. The number of rotatable bonds is 67. The van der Waals surface area contributed by atoms with Gasteiger partial charge in [0.2, 0.25) is 5.91 Å². The summed E-state index contributed by atoms with van der Waals surface area (Å²) in [7, 11) is 0. The molecule has 1 aliphatic heterocycles. The highest BCUT2D eigenvalue weighted by Crippen LogP contribution is 2.24. The summed E-state index contributed by atoms with van der Waals surface area (Å²) >= 11 is 0. The topological polar surface area (TPSA) is 149 Å². The predicted octanol–water partition coefficient (Wildman–Crippen LogP) is 21.0. The molecular weight excluding hydrogens is 1050 g/mol. The fourth-order valence-corrected chi connectivity index (χ4v) is 12.3. The van der Waals surface area contributed by atoms with Crippen LogP contribution in [0.25, 0.3) is 0 Å². The van der Waals surface area contributed by atoms with E-state index in [0.717, 1.165) is 44.9 Å². The standard InChI is InChI=1S/C76H145NO8/c1-3-5-7-9-11-13-15-17-19-21-23-25-27-28-29-30-31-32-33-34-35-36-37-38-39-40-41-42-44-46-48-50-52-54-56-58-60-62-64-66-72(80)77-69(68-84-76-75(83)74(82)73(81)71(67-78)85-76)70(79)65-63-61-59-57-55-53-51-49-47-45-43-26-24-22-20-18-16-14-12-10-8-6-4-2/h31-32,34-35,63,65,69-71,73-76,78-79,81-83H,3-30,33,36-62,64,66-68H2,1-2H3,(H,77,80)/b32-31-,35-34-,65-63+. The number of unbranched alkanes of at least 4 members (excludes halogenated alkanes) is 53. The molecule has 1 rings (SSSR count). The minimum atomic E-state index is -1.57. The third kappa shape index (κ3) is 53.9. The number of amides is 1. The molecule has 1 fully saturated rings. The van der Waals surface area contributed by atoms with E-state index in [-0.39, 0.29) is 12.5 Å². The number of aliphatic hydroxyl groups is 5. The van der Waals surface area contributed by atoms with Crippen LogP contribution >= 0.6 is 0 Å². The van der Waals surface area contributed by atoms with E-state index in [1.807, 2.05) is 6.08 Å². The quantitative estimate of drug-likeness (QED) is 0.0261. The molecule has 9 heteroatoms. The van der Waals surface area contributed by atoms with Gasteiger partial charge >= 0.3 is 0 Å². The smallest absolute Gasteiger partial charge is 0.220 e. The highest BCUT2D eigenvalue weighted by atomic mass is 16.7. The predicted molar refractivity (Wildman–Crippen MR) is 364 cm³/mol. The van der Waals surface area contributed by atoms with E-state index in [4.69, 9.17) is 9.47 Å². The zero-order valence-electron chi connectivity index (χ0n) is 56.4. The van der Waals surface area contributed by atoms with Crippen LogP contribution in [-0.4, -0.2) is 87.5 Å². The molecule has 0 aromatic carbocycles. The Morgan fingerprint density at radius 3 is 1.01 bits per heavy atom. The van der Waals surface area contributed by atoms with Crippen LogP contribution in [0.3, 0.4) is 0 Å². The summed E-state index contributed by atoms with van der Waals surface area (Å²) in [6.07, 6.45) is 81.4. The maximum Gasteiger partial charge on any atom is 0.220 e. The monoisotopic (exact) mass is 1200 g/mol. The molecule has 9 nitrogen and oxygen atoms in total. The van der Waals surface area contributed by atoms with Crippen LogP contribution in [0.2, 0.25) is 0 Å². The van der Waals surface area contributed by atoms with Gasteiger partial charge < -0.3 is 40.3 Å². The lowest BCUT2D eigenvalue weighted by atomic mass is 9.99. The average molecular weight is 1200 g/mol. The molecule has 0 radical (unpaired) electrons. The van der Waals surface area contributed by atoms with Crippen molar-refractivity contribution in [1.82, 2.24) is 5.32 Å². The van der Waals surface area contributed by atoms with Crippen LogP contribution in [0.15, 0.2) is 36.5 Å². The Labute approximate surface area is 527 Å². The average Bonchev–Trinajstić information content (AvgIpc) is 3.66. The van der Waals surface area contributed by atoms with Crippen LogP contribution in [0.4, 0.5) is 0 Å². The van der Waals surface area contributed by atoms with Crippen molar-refractivity contribution in [3.05, 3.63) is 36.5 Å². The van der Waals surface area contributed by atoms with Gasteiger partial charge in [0.25, 0.3) is 0 Å². The van der Waals surface area contributed by atoms with Crippen molar-refractivity contribution in [3.63, 3.8) is 0 Å². The SMILES string of the molecule is CCCCCCCCCCCCCCCCC/C=C\C/C=C\CCCCCCCCCCCCCCCCCCCC(=O)NC(COC1OC(CO)C(O)C(O)C1O)C(O)/C=C/CCCCCCCCCCCCCCCCCCCCCCC. The Kier molecular flexibility index (Phi) is 62.6. The Hall–Kier alpha value is -1.59. The number of hydrogen-bond donors (Lipinski definition) is 6. The molecule has 0 saturated carbocycles. The fourth-order valence-electron chi connectivity index (χ4n) is 12.3. The molecule has 502 valence electrons. The molecule has 7 atom stereocenters. The van der Waals surface area contributed by atoms with E-state index in [0.29, 0.717) is 6.42 Å². The van der Waals surface area contributed by atoms with Crippen LogP contribution < -0.4 is 5.32 Å². The number of hydrogen-bond acceptors (Lipinski definition) is 8. The highest BCUT2D eigenvalue weighted by Gasteiger charge is 2.44. The number of allylic oxidation sites excluding steroid dienone is 5.